The zero-order chi connectivity index (χ0) is 23.5. The van der Waals surface area contributed by atoms with E-state index in [0.717, 1.165) is 77.3 Å². The van der Waals surface area contributed by atoms with E-state index in [9.17, 15) is 15.0 Å². The first kappa shape index (κ1) is 23.1. The van der Waals surface area contributed by atoms with Crippen LogP contribution >= 0.6 is 0 Å². The standard InChI is InChI=1S/C27H35N3O4/c31-24-8-7-22(17-25(24)32)27(10-12-28-18-23(19-28)29-13-15-34-16-14-29)9-4-11-30(20-27)26(33)21-5-2-1-3-6-21/h1-3,5-8,17,23,31-32H,4,9-16,18-20H2. The highest BCUT2D eigenvalue weighted by Crippen LogP contribution is 2.41. The topological polar surface area (TPSA) is 76.5 Å². The monoisotopic (exact) mass is 465 g/mol. The quantitative estimate of drug-likeness (QED) is 0.639. The average molecular weight is 466 g/mol. The molecular formula is C27H35N3O4. The number of benzene rings is 2. The number of phenols is 2. The number of hydrogen-bond donors (Lipinski definition) is 2. The van der Waals surface area contributed by atoms with Crippen molar-refractivity contribution < 1.29 is 19.7 Å². The molecule has 2 aromatic carbocycles. The van der Waals surface area contributed by atoms with E-state index >= 15 is 0 Å². The maximum atomic E-state index is 13.3. The van der Waals surface area contributed by atoms with Crippen LogP contribution in [0.15, 0.2) is 48.5 Å². The normalized spacial score (nSPS) is 24.6. The molecule has 0 radical (unpaired) electrons. The van der Waals surface area contributed by atoms with Gasteiger partial charge in [0.05, 0.1) is 13.2 Å². The molecule has 0 bridgehead atoms. The van der Waals surface area contributed by atoms with E-state index in [1.54, 1.807) is 12.1 Å². The third kappa shape index (κ3) is 4.78. The Morgan fingerprint density at radius 2 is 1.76 bits per heavy atom. The van der Waals surface area contributed by atoms with E-state index in [-0.39, 0.29) is 22.8 Å². The van der Waals surface area contributed by atoms with Crippen molar-refractivity contribution in [2.45, 2.75) is 30.7 Å². The van der Waals surface area contributed by atoms with Crippen molar-refractivity contribution in [1.82, 2.24) is 14.7 Å². The molecule has 7 heteroatoms. The van der Waals surface area contributed by atoms with Crippen LogP contribution in [0.4, 0.5) is 0 Å². The fraction of sp³-hybridized carbons (Fsp3) is 0.519. The van der Waals surface area contributed by atoms with E-state index in [1.165, 1.54) is 0 Å². The van der Waals surface area contributed by atoms with Crippen LogP contribution in [0.2, 0.25) is 0 Å². The van der Waals surface area contributed by atoms with Gasteiger partial charge in [-0.25, -0.2) is 0 Å². The zero-order valence-electron chi connectivity index (χ0n) is 19.7. The Morgan fingerprint density at radius 3 is 2.50 bits per heavy atom. The van der Waals surface area contributed by atoms with Gasteiger partial charge in [-0.3, -0.25) is 9.69 Å². The maximum absolute atomic E-state index is 13.3. The molecule has 5 rings (SSSR count). The van der Waals surface area contributed by atoms with Gasteiger partial charge in [-0.05, 0) is 55.6 Å². The molecule has 2 N–H and O–H groups in total. The second-order valence-corrected chi connectivity index (χ2v) is 9.99. The Hall–Kier alpha value is -2.61. The van der Waals surface area contributed by atoms with Gasteiger partial charge in [0.25, 0.3) is 5.91 Å². The number of rotatable bonds is 6. The molecule has 0 aromatic heterocycles. The summed E-state index contributed by atoms with van der Waals surface area (Å²) >= 11 is 0. The summed E-state index contributed by atoms with van der Waals surface area (Å²) in [4.78, 5) is 20.3. The Balaban J connectivity index is 1.31. The third-order valence-corrected chi connectivity index (χ3v) is 7.88. The molecule has 3 aliphatic heterocycles. The number of nitrogens with zero attached hydrogens (tertiary/aromatic N) is 3. The Bertz CT molecular complexity index is 989. The Labute approximate surface area is 201 Å². The molecule has 1 unspecified atom stereocenters. The summed E-state index contributed by atoms with van der Waals surface area (Å²) in [6.45, 7) is 8.15. The summed E-state index contributed by atoms with van der Waals surface area (Å²) < 4.78 is 5.49. The van der Waals surface area contributed by atoms with E-state index in [0.29, 0.717) is 18.2 Å². The molecule has 34 heavy (non-hydrogen) atoms. The van der Waals surface area contributed by atoms with Gasteiger partial charge < -0.3 is 24.7 Å². The molecule has 0 aliphatic carbocycles. The SMILES string of the molecule is O=C(c1ccccc1)N1CCCC(CCN2CC(N3CCOCC3)C2)(c2ccc(O)c(O)c2)C1. The summed E-state index contributed by atoms with van der Waals surface area (Å²) in [6, 6.07) is 15.3. The summed E-state index contributed by atoms with van der Waals surface area (Å²) in [5, 5.41) is 20.2. The van der Waals surface area contributed by atoms with Gasteiger partial charge in [-0.15, -0.1) is 0 Å². The molecule has 3 aliphatic rings. The summed E-state index contributed by atoms with van der Waals surface area (Å²) in [6.07, 6.45) is 2.78. The number of morpholine rings is 1. The molecule has 2 aromatic rings. The second-order valence-electron chi connectivity index (χ2n) is 9.99. The van der Waals surface area contributed by atoms with Gasteiger partial charge in [0.2, 0.25) is 0 Å². The highest BCUT2D eigenvalue weighted by Gasteiger charge is 2.41. The molecular weight excluding hydrogens is 430 g/mol. The largest absolute Gasteiger partial charge is 0.504 e. The summed E-state index contributed by atoms with van der Waals surface area (Å²) in [5.74, 6) is -0.147. The number of piperidine rings is 1. The van der Waals surface area contributed by atoms with Gasteiger partial charge in [0.1, 0.15) is 0 Å². The fourth-order valence-electron chi connectivity index (χ4n) is 5.78. The minimum absolute atomic E-state index is 0.0593. The Morgan fingerprint density at radius 1 is 1.00 bits per heavy atom. The lowest BCUT2D eigenvalue weighted by Crippen LogP contribution is -2.62. The van der Waals surface area contributed by atoms with Crippen molar-refractivity contribution in [3.8, 4) is 11.5 Å². The van der Waals surface area contributed by atoms with Gasteiger partial charge in [-0.1, -0.05) is 24.3 Å². The number of ether oxygens (including phenoxy) is 1. The molecule has 3 fully saturated rings. The number of carbonyl (C=O) groups is 1. The first-order valence-electron chi connectivity index (χ1n) is 12.4. The highest BCUT2D eigenvalue weighted by atomic mass is 16.5. The Kier molecular flexibility index (Phi) is 6.77. The van der Waals surface area contributed by atoms with E-state index < -0.39 is 0 Å². The van der Waals surface area contributed by atoms with Crippen molar-refractivity contribution in [2.75, 3.05) is 59.0 Å². The lowest BCUT2D eigenvalue weighted by Gasteiger charge is -2.49. The number of likely N-dealkylation sites (tertiary alicyclic amines) is 2. The minimum Gasteiger partial charge on any atom is -0.504 e. The van der Waals surface area contributed by atoms with Crippen LogP contribution in [-0.4, -0.2) is 95.9 Å². The molecule has 1 atom stereocenters. The van der Waals surface area contributed by atoms with E-state index in [2.05, 4.69) is 9.80 Å². The van der Waals surface area contributed by atoms with Crippen molar-refractivity contribution in [3.63, 3.8) is 0 Å². The fourth-order valence-corrected chi connectivity index (χ4v) is 5.78. The maximum Gasteiger partial charge on any atom is 0.253 e. The molecule has 7 nitrogen and oxygen atoms in total. The second kappa shape index (κ2) is 9.94. The van der Waals surface area contributed by atoms with Crippen molar-refractivity contribution in [3.05, 3.63) is 59.7 Å². The van der Waals surface area contributed by atoms with Crippen LogP contribution in [0.5, 0.6) is 11.5 Å². The van der Waals surface area contributed by atoms with Gasteiger partial charge >= 0.3 is 0 Å². The molecule has 182 valence electrons. The highest BCUT2D eigenvalue weighted by molar-refractivity contribution is 5.94. The molecule has 3 saturated heterocycles. The first-order valence-corrected chi connectivity index (χ1v) is 12.4. The van der Waals surface area contributed by atoms with Gasteiger partial charge in [0.15, 0.2) is 11.5 Å². The zero-order valence-corrected chi connectivity index (χ0v) is 19.7. The predicted molar refractivity (Wildman–Crippen MR) is 130 cm³/mol. The molecule has 1 amide bonds. The number of aromatic hydroxyl groups is 2. The lowest BCUT2D eigenvalue weighted by atomic mass is 9.71. The predicted octanol–water partition coefficient (Wildman–Crippen LogP) is 2.68. The van der Waals surface area contributed by atoms with E-state index in [1.807, 2.05) is 41.3 Å². The van der Waals surface area contributed by atoms with Crippen LogP contribution in [0.1, 0.15) is 35.2 Å². The van der Waals surface area contributed by atoms with Crippen LogP contribution < -0.4 is 0 Å². The van der Waals surface area contributed by atoms with Crippen LogP contribution in [-0.2, 0) is 10.2 Å². The van der Waals surface area contributed by atoms with Gasteiger partial charge in [-0.2, -0.15) is 0 Å². The third-order valence-electron chi connectivity index (χ3n) is 7.88. The number of amides is 1. The number of hydrogen-bond acceptors (Lipinski definition) is 6. The van der Waals surface area contributed by atoms with Crippen LogP contribution in [0.25, 0.3) is 0 Å². The van der Waals surface area contributed by atoms with Gasteiger partial charge in [0, 0.05) is 56.3 Å². The molecule has 0 saturated carbocycles. The minimum atomic E-state index is -0.252. The molecule has 3 heterocycles. The summed E-state index contributed by atoms with van der Waals surface area (Å²) in [7, 11) is 0. The lowest BCUT2D eigenvalue weighted by molar-refractivity contribution is -0.0345. The molecule has 0 spiro atoms. The smallest absolute Gasteiger partial charge is 0.253 e. The van der Waals surface area contributed by atoms with Crippen LogP contribution in [0, 0.1) is 0 Å². The first-order chi connectivity index (χ1) is 16.5. The number of carbonyl (C=O) groups excluding carboxylic acids is 1. The van der Waals surface area contributed by atoms with Crippen molar-refractivity contribution in [1.29, 1.82) is 0 Å². The van der Waals surface area contributed by atoms with Crippen molar-refractivity contribution >= 4 is 5.91 Å². The number of phenolic OH excluding ortho intramolecular Hbond substituents is 2. The summed E-state index contributed by atoms with van der Waals surface area (Å²) in [5.41, 5.74) is 1.46. The van der Waals surface area contributed by atoms with Crippen LogP contribution in [0.3, 0.4) is 0 Å². The average Bonchev–Trinajstić information content (AvgIpc) is 2.85. The van der Waals surface area contributed by atoms with Crippen molar-refractivity contribution in [2.24, 2.45) is 0 Å². The van der Waals surface area contributed by atoms with E-state index in [4.69, 9.17) is 4.74 Å².